The lowest BCUT2D eigenvalue weighted by Crippen LogP contribution is -2.43. The van der Waals surface area contributed by atoms with Gasteiger partial charge in [-0.1, -0.05) is 17.9 Å². The molecule has 0 spiro atoms. The maximum absolute atomic E-state index is 12.5. The Morgan fingerprint density at radius 2 is 1.88 bits per heavy atom. The third-order valence-corrected chi connectivity index (χ3v) is 8.74. The third-order valence-electron chi connectivity index (χ3n) is 7.75. The van der Waals surface area contributed by atoms with Crippen LogP contribution in [0.2, 0.25) is 0 Å². The average Bonchev–Trinajstić information content (AvgIpc) is 3.70. The Balaban J connectivity index is 1.40. The van der Waals surface area contributed by atoms with Crippen LogP contribution in [0.5, 0.6) is 11.5 Å². The number of hydroxylamine groups is 1. The Kier molecular flexibility index (Phi) is 8.81. The normalized spacial score (nSPS) is 24.6. The van der Waals surface area contributed by atoms with Crippen molar-refractivity contribution in [1.82, 2.24) is 5.32 Å². The first-order valence-corrected chi connectivity index (χ1v) is 15.4. The molecule has 3 aliphatic rings. The minimum Gasteiger partial charge on any atom is -0.493 e. The van der Waals surface area contributed by atoms with Gasteiger partial charge in [-0.25, -0.2) is 14.6 Å². The minimum atomic E-state index is -0.531. The number of carbonyl (C=O) groups excluding carboxylic acids is 1. The summed E-state index contributed by atoms with van der Waals surface area (Å²) in [7, 11) is 1.68. The maximum atomic E-state index is 12.5. The zero-order valence-electron chi connectivity index (χ0n) is 24.7. The Labute approximate surface area is 247 Å². The van der Waals surface area contributed by atoms with Crippen molar-refractivity contribution in [3.63, 3.8) is 0 Å². The molecule has 0 radical (unpaired) electrons. The number of hydrogen-bond donors (Lipinski definition) is 1. The smallest absolute Gasteiger partial charge is 0.407 e. The Bertz CT molecular complexity index is 1310. The van der Waals surface area contributed by atoms with E-state index in [1.54, 1.807) is 29.8 Å². The monoisotopic (exact) mass is 579 g/mol. The number of alkyl carbamates (subject to hydrolysis) is 1. The molecule has 2 heterocycles. The fourth-order valence-corrected chi connectivity index (χ4v) is 6.42. The number of benzene rings is 1. The molecule has 220 valence electrons. The molecule has 1 unspecified atom stereocenters. The number of methoxy groups -OCH3 is 1. The van der Waals surface area contributed by atoms with Crippen molar-refractivity contribution in [3.8, 4) is 23.3 Å². The Morgan fingerprint density at radius 3 is 2.54 bits per heavy atom. The molecule has 8 nitrogen and oxygen atoms in total. The van der Waals surface area contributed by atoms with E-state index in [0.29, 0.717) is 0 Å². The Hall–Kier alpha value is -3.22. The highest BCUT2D eigenvalue weighted by atomic mass is 32.1. The number of thiophene rings is 1. The first-order chi connectivity index (χ1) is 19.6. The molecule has 2 aromatic rings. The Morgan fingerprint density at radius 1 is 1.12 bits per heavy atom. The number of amides is 1. The fourth-order valence-electron chi connectivity index (χ4n) is 5.64. The lowest BCUT2D eigenvalue weighted by molar-refractivity contribution is 0.0487. The van der Waals surface area contributed by atoms with Crippen molar-refractivity contribution >= 4 is 28.8 Å². The van der Waals surface area contributed by atoms with Crippen LogP contribution in [0.1, 0.15) is 89.5 Å². The van der Waals surface area contributed by atoms with Crippen LogP contribution < -0.4 is 19.9 Å². The van der Waals surface area contributed by atoms with Crippen LogP contribution in [0.15, 0.2) is 35.3 Å². The van der Waals surface area contributed by atoms with E-state index in [1.807, 2.05) is 45.9 Å². The number of carbonyl (C=O) groups is 1. The van der Waals surface area contributed by atoms with Crippen LogP contribution >= 0.6 is 11.3 Å². The van der Waals surface area contributed by atoms with Crippen LogP contribution in [-0.2, 0) is 15.0 Å². The molecule has 2 aliphatic carbocycles. The molecule has 1 N–H and O–H groups in total. The van der Waals surface area contributed by atoms with Crippen molar-refractivity contribution < 1.29 is 23.8 Å². The molecule has 1 aliphatic heterocycles. The van der Waals surface area contributed by atoms with Gasteiger partial charge in [0.15, 0.2) is 17.7 Å². The van der Waals surface area contributed by atoms with E-state index < -0.39 is 11.0 Å². The molecule has 41 heavy (non-hydrogen) atoms. The van der Waals surface area contributed by atoms with E-state index in [-0.39, 0.29) is 24.5 Å². The lowest BCUT2D eigenvalue weighted by atomic mass is 9.68. The summed E-state index contributed by atoms with van der Waals surface area (Å²) in [6, 6.07) is 10.3. The van der Waals surface area contributed by atoms with Crippen molar-refractivity contribution in [3.05, 3.63) is 40.8 Å². The average molecular weight is 580 g/mol. The molecule has 0 saturated heterocycles. The second-order valence-corrected chi connectivity index (χ2v) is 13.1. The standard InChI is InChI=1S/C32H41N3O5S/c1-22-33-21-35(40-22)29-13-11-26(41-29)16-19-32(17-14-24(15-18-32)34-30(36)39-31(2,3)4)23-10-12-27(37-5)28(20-23)38-25-8-6-7-9-25/h10-13,20-22,24-25H,6-9,14-15,17-18H2,1-5H3,(H,34,36)/t22?,24-,32-. The predicted octanol–water partition coefficient (Wildman–Crippen LogP) is 6.96. The molecule has 1 aromatic heterocycles. The van der Waals surface area contributed by atoms with Gasteiger partial charge in [-0.15, -0.1) is 11.3 Å². The summed E-state index contributed by atoms with van der Waals surface area (Å²) in [5, 5.41) is 5.71. The molecular weight excluding hydrogens is 538 g/mol. The number of rotatable bonds is 6. The van der Waals surface area contributed by atoms with Crippen LogP contribution in [-0.4, -0.2) is 43.5 Å². The van der Waals surface area contributed by atoms with E-state index in [9.17, 15) is 4.79 Å². The van der Waals surface area contributed by atoms with Crippen LogP contribution in [0, 0.1) is 11.8 Å². The number of anilines is 1. The second-order valence-electron chi connectivity index (χ2n) is 12.1. The summed E-state index contributed by atoms with van der Waals surface area (Å²) >= 11 is 1.58. The summed E-state index contributed by atoms with van der Waals surface area (Å²) in [5.74, 6) is 8.68. The molecule has 1 amide bonds. The van der Waals surface area contributed by atoms with E-state index in [0.717, 1.165) is 65.5 Å². The lowest BCUT2D eigenvalue weighted by Gasteiger charge is -2.37. The summed E-state index contributed by atoms with van der Waals surface area (Å²) in [6.45, 7) is 7.54. The van der Waals surface area contributed by atoms with Gasteiger partial charge in [0.1, 0.15) is 16.9 Å². The third kappa shape index (κ3) is 7.35. The van der Waals surface area contributed by atoms with E-state index in [4.69, 9.17) is 19.0 Å². The van der Waals surface area contributed by atoms with E-state index >= 15 is 0 Å². The molecule has 2 fully saturated rings. The minimum absolute atomic E-state index is 0.0363. The zero-order valence-corrected chi connectivity index (χ0v) is 25.5. The van der Waals surface area contributed by atoms with Gasteiger partial charge in [-0.05, 0) is 109 Å². The highest BCUT2D eigenvalue weighted by Gasteiger charge is 2.37. The number of nitrogens with zero attached hydrogens (tertiary/aromatic N) is 2. The first kappa shape index (κ1) is 29.3. The first-order valence-electron chi connectivity index (χ1n) is 14.6. The van der Waals surface area contributed by atoms with Gasteiger partial charge in [-0.3, -0.25) is 0 Å². The topological polar surface area (TPSA) is 81.6 Å². The van der Waals surface area contributed by atoms with Gasteiger partial charge < -0.3 is 19.5 Å². The van der Waals surface area contributed by atoms with Crippen LogP contribution in [0.25, 0.3) is 0 Å². The van der Waals surface area contributed by atoms with Crippen LogP contribution in [0.3, 0.4) is 0 Å². The van der Waals surface area contributed by atoms with Gasteiger partial charge in [0.25, 0.3) is 0 Å². The fraction of sp³-hybridized carbons (Fsp3) is 0.562. The highest BCUT2D eigenvalue weighted by molar-refractivity contribution is 7.16. The maximum Gasteiger partial charge on any atom is 0.407 e. The summed E-state index contributed by atoms with van der Waals surface area (Å²) in [6.07, 6.45) is 9.10. The molecule has 0 bridgehead atoms. The molecule has 2 saturated carbocycles. The molecule has 9 heteroatoms. The zero-order chi connectivity index (χ0) is 29.0. The van der Waals surface area contributed by atoms with Crippen LogP contribution in [0.4, 0.5) is 9.80 Å². The highest BCUT2D eigenvalue weighted by Crippen LogP contribution is 2.43. The molecule has 1 atom stereocenters. The summed E-state index contributed by atoms with van der Waals surface area (Å²) in [4.78, 5) is 23.4. The second kappa shape index (κ2) is 12.3. The number of ether oxygens (including phenoxy) is 3. The van der Waals surface area contributed by atoms with Gasteiger partial charge in [0, 0.05) is 6.04 Å². The summed E-state index contributed by atoms with van der Waals surface area (Å²) < 4.78 is 17.6. The van der Waals surface area contributed by atoms with Crippen molar-refractivity contribution in [2.45, 2.75) is 108 Å². The summed E-state index contributed by atoms with van der Waals surface area (Å²) in [5.41, 5.74) is 0.197. The van der Waals surface area contributed by atoms with Crippen molar-refractivity contribution in [2.75, 3.05) is 12.2 Å². The van der Waals surface area contributed by atoms with E-state index in [2.05, 4.69) is 34.3 Å². The van der Waals surface area contributed by atoms with Gasteiger partial charge >= 0.3 is 6.09 Å². The van der Waals surface area contributed by atoms with Gasteiger partial charge in [0.05, 0.1) is 23.5 Å². The largest absolute Gasteiger partial charge is 0.493 e. The SMILES string of the molecule is COc1ccc([C@]2(C#Cc3ccc(N4C=NC(C)O4)s3)CC[C@@H](NC(=O)OC(C)(C)C)CC2)cc1OC1CCCC1. The van der Waals surface area contributed by atoms with Crippen molar-refractivity contribution in [2.24, 2.45) is 4.99 Å². The quantitative estimate of drug-likeness (QED) is 0.373. The number of hydrogen-bond acceptors (Lipinski definition) is 8. The number of aliphatic imine (C=N–C) groups is 1. The van der Waals surface area contributed by atoms with Gasteiger partial charge in [-0.2, -0.15) is 5.06 Å². The number of nitrogens with one attached hydrogen (secondary N) is 1. The molecule has 5 rings (SSSR count). The molecule has 1 aromatic carbocycles. The van der Waals surface area contributed by atoms with E-state index in [1.165, 1.54) is 12.8 Å². The molecular formula is C32H41N3O5S. The predicted molar refractivity (Wildman–Crippen MR) is 162 cm³/mol. The van der Waals surface area contributed by atoms with Crippen molar-refractivity contribution in [1.29, 1.82) is 0 Å². The van der Waals surface area contributed by atoms with Gasteiger partial charge in [0.2, 0.25) is 0 Å².